The first kappa shape index (κ1) is 17.7. The third kappa shape index (κ3) is 16.3. The van der Waals surface area contributed by atoms with E-state index < -0.39 is 11.6 Å². The average Bonchev–Trinajstić information content (AvgIpc) is 1.87. The summed E-state index contributed by atoms with van der Waals surface area (Å²) in [5, 5.41) is 28.1. The molecule has 0 bridgehead atoms. The van der Waals surface area contributed by atoms with Crippen LogP contribution in [0.3, 0.4) is 0 Å². The number of carboxylic acids is 1. The van der Waals surface area contributed by atoms with E-state index >= 15 is 0 Å². The number of oxime groups is 1. The molecule has 0 radical (unpaired) electrons. The van der Waals surface area contributed by atoms with Crippen molar-refractivity contribution in [3.63, 3.8) is 0 Å². The largest absolute Gasteiger partial charge is 1.00 e. The van der Waals surface area contributed by atoms with E-state index in [1.807, 2.05) is 0 Å². The smallest absolute Gasteiger partial charge is 0.547 e. The first-order chi connectivity index (χ1) is 4.86. The zero-order valence-corrected chi connectivity index (χ0v) is 8.52. The molecule has 0 rings (SSSR count). The molecular formula is C6H12AgNO4. The number of rotatable bonds is 1. The zero-order chi connectivity index (χ0) is 9.49. The van der Waals surface area contributed by atoms with Gasteiger partial charge in [0, 0.05) is 6.21 Å². The predicted molar refractivity (Wildman–Crippen MR) is 37.3 cm³/mol. The van der Waals surface area contributed by atoms with Gasteiger partial charge in [0.05, 0.1) is 11.6 Å². The van der Waals surface area contributed by atoms with Gasteiger partial charge in [-0.1, -0.05) is 0 Å². The van der Waals surface area contributed by atoms with Crippen LogP contribution in [-0.2, 0) is 27.2 Å². The molecule has 12 heavy (non-hydrogen) atoms. The Hall–Kier alpha value is -0.360. The Morgan fingerprint density at radius 2 is 1.75 bits per heavy atom. The standard InChI is InChI=1S/C4H8O3.C2H5NO.Ag/c1-4(2,7)3(5)6;1-2-3-4;/h7H,1-2H3,(H,5,6);2,4H,1H3;/q;;+1/p-1. The van der Waals surface area contributed by atoms with Gasteiger partial charge in [-0.05, 0) is 20.8 Å². The molecule has 0 saturated heterocycles. The van der Waals surface area contributed by atoms with E-state index in [4.69, 9.17) is 10.3 Å². The Kier molecular flexibility index (Phi) is 12.8. The molecule has 0 amide bonds. The van der Waals surface area contributed by atoms with E-state index in [9.17, 15) is 9.90 Å². The Morgan fingerprint density at radius 3 is 1.75 bits per heavy atom. The topological polar surface area (TPSA) is 93.0 Å². The molecule has 0 spiro atoms. The summed E-state index contributed by atoms with van der Waals surface area (Å²) in [6, 6.07) is 0. The Labute approximate surface area is 86.6 Å². The third-order valence-corrected chi connectivity index (χ3v) is 0.615. The van der Waals surface area contributed by atoms with Crippen LogP contribution in [0, 0.1) is 0 Å². The van der Waals surface area contributed by atoms with Crippen molar-refractivity contribution in [3.8, 4) is 0 Å². The van der Waals surface area contributed by atoms with Gasteiger partial charge < -0.3 is 20.2 Å². The summed E-state index contributed by atoms with van der Waals surface area (Å²) in [5.41, 5.74) is -1.69. The minimum absolute atomic E-state index is 0. The van der Waals surface area contributed by atoms with Crippen molar-refractivity contribution in [2.75, 3.05) is 0 Å². The Bertz CT molecular complexity index is 137. The molecule has 0 aliphatic carbocycles. The fourth-order valence-corrected chi connectivity index (χ4v) is 0. The molecule has 2 N–H and O–H groups in total. The van der Waals surface area contributed by atoms with E-state index in [-0.39, 0.29) is 22.4 Å². The molecule has 0 heterocycles. The average molecular weight is 270 g/mol. The zero-order valence-electron chi connectivity index (χ0n) is 7.04. The van der Waals surface area contributed by atoms with Gasteiger partial charge in [0.15, 0.2) is 0 Å². The van der Waals surface area contributed by atoms with Crippen molar-refractivity contribution in [2.24, 2.45) is 5.16 Å². The van der Waals surface area contributed by atoms with E-state index in [1.54, 1.807) is 6.92 Å². The van der Waals surface area contributed by atoms with Crippen molar-refractivity contribution in [1.29, 1.82) is 0 Å². The summed E-state index contributed by atoms with van der Waals surface area (Å²) in [6.45, 7) is 3.95. The van der Waals surface area contributed by atoms with Crippen LogP contribution in [-0.4, -0.2) is 28.1 Å². The second kappa shape index (κ2) is 8.73. The number of carbonyl (C=O) groups excluding carboxylic acids is 1. The van der Waals surface area contributed by atoms with Crippen LogP contribution in [0.1, 0.15) is 20.8 Å². The van der Waals surface area contributed by atoms with Crippen LogP contribution < -0.4 is 5.11 Å². The number of hydrogen-bond donors (Lipinski definition) is 2. The minimum atomic E-state index is -1.69. The maximum atomic E-state index is 9.66. The fourth-order valence-electron chi connectivity index (χ4n) is 0. The maximum Gasteiger partial charge on any atom is 1.00 e. The number of aliphatic carboxylic acids is 1. The van der Waals surface area contributed by atoms with E-state index in [0.29, 0.717) is 0 Å². The van der Waals surface area contributed by atoms with Crippen molar-refractivity contribution < 1.29 is 42.6 Å². The van der Waals surface area contributed by atoms with E-state index in [2.05, 4.69) is 5.16 Å². The van der Waals surface area contributed by atoms with E-state index in [0.717, 1.165) is 13.8 Å². The molecule has 0 aliphatic rings. The molecule has 0 saturated carbocycles. The van der Waals surface area contributed by atoms with Gasteiger partial charge in [-0.2, -0.15) is 0 Å². The number of carboxylic acid groups (broad SMARTS) is 1. The predicted octanol–water partition coefficient (Wildman–Crippen LogP) is -1.03. The molecule has 0 atom stereocenters. The van der Waals surface area contributed by atoms with Crippen LogP contribution in [0.4, 0.5) is 0 Å². The molecule has 0 aromatic carbocycles. The van der Waals surface area contributed by atoms with Crippen LogP contribution in [0.25, 0.3) is 0 Å². The number of aliphatic hydroxyl groups is 1. The van der Waals surface area contributed by atoms with Crippen LogP contribution in [0.15, 0.2) is 5.16 Å². The first-order valence-electron chi connectivity index (χ1n) is 2.92. The quantitative estimate of drug-likeness (QED) is 0.276. The van der Waals surface area contributed by atoms with Gasteiger partial charge in [0.1, 0.15) is 0 Å². The molecule has 0 fully saturated rings. The summed E-state index contributed by atoms with van der Waals surface area (Å²) < 4.78 is 0. The van der Waals surface area contributed by atoms with Crippen molar-refractivity contribution >= 4 is 12.2 Å². The summed E-state index contributed by atoms with van der Waals surface area (Å²) >= 11 is 0. The molecule has 0 aromatic heterocycles. The van der Waals surface area contributed by atoms with Crippen molar-refractivity contribution in [1.82, 2.24) is 0 Å². The van der Waals surface area contributed by atoms with Crippen LogP contribution in [0.2, 0.25) is 0 Å². The van der Waals surface area contributed by atoms with Crippen molar-refractivity contribution in [2.45, 2.75) is 26.4 Å². The molecule has 0 unspecified atom stereocenters. The Morgan fingerprint density at radius 1 is 1.58 bits per heavy atom. The van der Waals surface area contributed by atoms with Gasteiger partial charge in [-0.25, -0.2) is 0 Å². The first-order valence-corrected chi connectivity index (χ1v) is 2.92. The second-order valence-corrected chi connectivity index (χ2v) is 2.22. The Balaban J connectivity index is -0.000000142. The fraction of sp³-hybridized carbons (Fsp3) is 0.667. The van der Waals surface area contributed by atoms with Gasteiger partial charge >= 0.3 is 22.4 Å². The van der Waals surface area contributed by atoms with Crippen LogP contribution in [0.5, 0.6) is 0 Å². The molecule has 0 aliphatic heterocycles. The monoisotopic (exact) mass is 269 g/mol. The van der Waals surface area contributed by atoms with Crippen molar-refractivity contribution in [3.05, 3.63) is 0 Å². The van der Waals surface area contributed by atoms with Gasteiger partial charge in [-0.15, -0.1) is 5.16 Å². The van der Waals surface area contributed by atoms with E-state index in [1.165, 1.54) is 6.21 Å². The summed E-state index contributed by atoms with van der Waals surface area (Å²) in [4.78, 5) is 9.66. The maximum absolute atomic E-state index is 9.66. The summed E-state index contributed by atoms with van der Waals surface area (Å²) in [6.07, 6.45) is 1.31. The van der Waals surface area contributed by atoms with Gasteiger partial charge in [0.2, 0.25) is 0 Å². The minimum Gasteiger partial charge on any atom is -0.547 e. The number of carbonyl (C=O) groups is 1. The number of nitrogens with zero attached hydrogens (tertiary/aromatic N) is 1. The molecule has 76 valence electrons. The SMILES string of the molecule is CC(C)(O)C(=O)[O-].CC=NO.[Ag+]. The van der Waals surface area contributed by atoms with Crippen LogP contribution >= 0.6 is 0 Å². The number of hydrogen-bond acceptors (Lipinski definition) is 5. The molecular weight excluding hydrogens is 258 g/mol. The third-order valence-electron chi connectivity index (χ3n) is 0.615. The molecule has 5 nitrogen and oxygen atoms in total. The van der Waals surface area contributed by atoms with Gasteiger partial charge in [-0.3, -0.25) is 0 Å². The summed E-state index contributed by atoms with van der Waals surface area (Å²) in [5.74, 6) is -1.45. The molecule has 0 aromatic rings. The summed E-state index contributed by atoms with van der Waals surface area (Å²) in [7, 11) is 0. The van der Waals surface area contributed by atoms with Gasteiger partial charge in [0.25, 0.3) is 0 Å². The normalized spacial score (nSPS) is 9.67. The molecule has 6 heteroatoms. The second-order valence-electron chi connectivity index (χ2n) is 2.22.